The van der Waals surface area contributed by atoms with Crippen LogP contribution in [0, 0.1) is 0 Å². The maximum Gasteiger partial charge on any atom is 0.0798 e. The van der Waals surface area contributed by atoms with Crippen molar-refractivity contribution in [2.75, 3.05) is 32.7 Å². The van der Waals surface area contributed by atoms with Gasteiger partial charge in [0.15, 0.2) is 0 Å². The Kier molecular flexibility index (Phi) is 4.16. The van der Waals surface area contributed by atoms with E-state index in [2.05, 4.69) is 35.8 Å². The molecule has 0 aromatic heterocycles. The molecule has 2 saturated heterocycles. The maximum atomic E-state index is 10.5. The third-order valence-corrected chi connectivity index (χ3v) is 4.77. The van der Waals surface area contributed by atoms with Crippen LogP contribution in [0.4, 0.5) is 0 Å². The van der Waals surface area contributed by atoms with Crippen LogP contribution in [0.15, 0.2) is 0 Å². The second-order valence-electron chi connectivity index (χ2n) is 5.43. The molecule has 16 heavy (non-hydrogen) atoms. The van der Waals surface area contributed by atoms with Crippen molar-refractivity contribution in [2.45, 2.75) is 42.8 Å². The Labute approximate surface area is 103 Å². The molecular weight excluding hydrogens is 220 g/mol. The van der Waals surface area contributed by atoms with Crippen molar-refractivity contribution in [3.05, 3.63) is 0 Å². The van der Waals surface area contributed by atoms with E-state index < -0.39 is 5.60 Å². The first kappa shape index (κ1) is 12.7. The number of aliphatic hydroxyl groups is 1. The molecule has 0 aromatic rings. The minimum atomic E-state index is -0.438. The highest BCUT2D eigenvalue weighted by Crippen LogP contribution is 2.27. The van der Waals surface area contributed by atoms with Gasteiger partial charge in [0, 0.05) is 30.1 Å². The molecule has 2 unspecified atom stereocenters. The molecule has 2 fully saturated rings. The average Bonchev–Trinajstić information content (AvgIpc) is 2.15. The van der Waals surface area contributed by atoms with Crippen molar-refractivity contribution in [1.29, 1.82) is 0 Å². The molecule has 3 nitrogen and oxygen atoms in total. The quantitative estimate of drug-likeness (QED) is 0.757. The number of hydrogen-bond donors (Lipinski definition) is 2. The standard InChI is InChI=1S/C12H24N2OS/c1-10-7-14(8-11(2)16-10)9-12(15)3-5-13-6-4-12/h10-11,13,15H,3-9H2,1-2H3. The van der Waals surface area contributed by atoms with E-state index in [1.807, 2.05) is 0 Å². The number of β-amino-alcohol motifs (C(OH)–C–C–N with tert-alkyl or cyclic N) is 1. The van der Waals surface area contributed by atoms with Gasteiger partial charge in [-0.15, -0.1) is 0 Å². The summed E-state index contributed by atoms with van der Waals surface area (Å²) in [7, 11) is 0. The summed E-state index contributed by atoms with van der Waals surface area (Å²) in [6, 6.07) is 0. The first-order chi connectivity index (χ1) is 7.57. The third-order valence-electron chi connectivity index (χ3n) is 3.55. The zero-order valence-corrected chi connectivity index (χ0v) is 11.2. The number of nitrogens with zero attached hydrogens (tertiary/aromatic N) is 1. The molecule has 94 valence electrons. The van der Waals surface area contributed by atoms with Crippen molar-refractivity contribution in [3.8, 4) is 0 Å². The number of rotatable bonds is 2. The lowest BCUT2D eigenvalue weighted by atomic mass is 9.91. The van der Waals surface area contributed by atoms with Gasteiger partial charge in [-0.1, -0.05) is 13.8 Å². The SMILES string of the molecule is CC1CN(CC2(O)CCNCC2)CC(C)S1. The molecule has 0 amide bonds. The van der Waals surface area contributed by atoms with Crippen LogP contribution in [0.2, 0.25) is 0 Å². The largest absolute Gasteiger partial charge is 0.388 e. The molecule has 2 rings (SSSR count). The van der Waals surface area contributed by atoms with Crippen LogP contribution < -0.4 is 5.32 Å². The fourth-order valence-corrected chi connectivity index (χ4v) is 4.27. The Morgan fingerprint density at radius 1 is 1.25 bits per heavy atom. The Hall–Kier alpha value is 0.230. The molecule has 0 radical (unpaired) electrons. The van der Waals surface area contributed by atoms with Gasteiger partial charge in [-0.2, -0.15) is 11.8 Å². The highest BCUT2D eigenvalue weighted by molar-refractivity contribution is 8.00. The molecule has 0 spiro atoms. The molecule has 0 bridgehead atoms. The Balaban J connectivity index is 1.87. The van der Waals surface area contributed by atoms with Crippen LogP contribution in [-0.4, -0.2) is 58.8 Å². The fraction of sp³-hybridized carbons (Fsp3) is 1.00. The number of hydrogen-bond acceptors (Lipinski definition) is 4. The van der Waals surface area contributed by atoms with Gasteiger partial charge in [0.25, 0.3) is 0 Å². The molecule has 2 N–H and O–H groups in total. The summed E-state index contributed by atoms with van der Waals surface area (Å²) in [6.45, 7) is 9.63. The zero-order chi connectivity index (χ0) is 11.6. The van der Waals surface area contributed by atoms with Crippen LogP contribution in [0.5, 0.6) is 0 Å². The van der Waals surface area contributed by atoms with Gasteiger partial charge in [-0.05, 0) is 25.9 Å². The summed E-state index contributed by atoms with van der Waals surface area (Å²) in [5.74, 6) is 0. The van der Waals surface area contributed by atoms with Crippen LogP contribution in [0.1, 0.15) is 26.7 Å². The number of thioether (sulfide) groups is 1. The molecule has 0 aliphatic carbocycles. The Morgan fingerprint density at radius 3 is 2.38 bits per heavy atom. The Bertz CT molecular complexity index is 221. The van der Waals surface area contributed by atoms with E-state index in [0.29, 0.717) is 10.5 Å². The van der Waals surface area contributed by atoms with Gasteiger partial charge in [0.2, 0.25) is 0 Å². The minimum absolute atomic E-state index is 0.438. The van der Waals surface area contributed by atoms with E-state index in [4.69, 9.17) is 0 Å². The van der Waals surface area contributed by atoms with Crippen LogP contribution in [0.3, 0.4) is 0 Å². The molecule has 0 aromatic carbocycles. The lowest BCUT2D eigenvalue weighted by Crippen LogP contribution is -2.53. The van der Waals surface area contributed by atoms with E-state index in [9.17, 15) is 5.11 Å². The smallest absolute Gasteiger partial charge is 0.0798 e. The molecule has 2 heterocycles. The zero-order valence-electron chi connectivity index (χ0n) is 10.4. The van der Waals surface area contributed by atoms with E-state index in [1.165, 1.54) is 0 Å². The van der Waals surface area contributed by atoms with E-state index in [1.54, 1.807) is 0 Å². The van der Waals surface area contributed by atoms with Gasteiger partial charge in [-0.3, -0.25) is 4.90 Å². The lowest BCUT2D eigenvalue weighted by Gasteiger charge is -2.41. The van der Waals surface area contributed by atoms with Crippen molar-refractivity contribution < 1.29 is 5.11 Å². The van der Waals surface area contributed by atoms with Crippen molar-refractivity contribution >= 4 is 11.8 Å². The highest BCUT2D eigenvalue weighted by Gasteiger charge is 2.33. The second kappa shape index (κ2) is 5.25. The molecule has 4 heteroatoms. The first-order valence-corrected chi connectivity index (χ1v) is 7.33. The van der Waals surface area contributed by atoms with Gasteiger partial charge < -0.3 is 10.4 Å². The van der Waals surface area contributed by atoms with Crippen LogP contribution in [-0.2, 0) is 0 Å². The topological polar surface area (TPSA) is 35.5 Å². The summed E-state index contributed by atoms with van der Waals surface area (Å²) in [4.78, 5) is 2.46. The first-order valence-electron chi connectivity index (χ1n) is 6.38. The normalized spacial score (nSPS) is 36.2. The second-order valence-corrected chi connectivity index (χ2v) is 7.31. The van der Waals surface area contributed by atoms with Gasteiger partial charge >= 0.3 is 0 Å². The van der Waals surface area contributed by atoms with Crippen molar-refractivity contribution in [3.63, 3.8) is 0 Å². The lowest BCUT2D eigenvalue weighted by molar-refractivity contribution is -0.0210. The number of nitrogens with one attached hydrogen (secondary N) is 1. The van der Waals surface area contributed by atoms with Crippen LogP contribution >= 0.6 is 11.8 Å². The summed E-state index contributed by atoms with van der Waals surface area (Å²) in [5, 5.41) is 15.2. The van der Waals surface area contributed by atoms with Crippen molar-refractivity contribution in [1.82, 2.24) is 10.2 Å². The minimum Gasteiger partial charge on any atom is -0.388 e. The van der Waals surface area contributed by atoms with E-state index in [-0.39, 0.29) is 0 Å². The van der Waals surface area contributed by atoms with E-state index >= 15 is 0 Å². The summed E-state index contributed by atoms with van der Waals surface area (Å²) < 4.78 is 0. The number of piperidine rings is 1. The van der Waals surface area contributed by atoms with Crippen LogP contribution in [0.25, 0.3) is 0 Å². The van der Waals surface area contributed by atoms with Gasteiger partial charge in [0.05, 0.1) is 5.60 Å². The fourth-order valence-electron chi connectivity index (χ4n) is 2.88. The predicted molar refractivity (Wildman–Crippen MR) is 70.0 cm³/mol. The highest BCUT2D eigenvalue weighted by atomic mass is 32.2. The molecular formula is C12H24N2OS. The summed E-state index contributed by atoms with van der Waals surface area (Å²) in [6.07, 6.45) is 1.80. The molecule has 2 aliphatic rings. The maximum absolute atomic E-state index is 10.5. The average molecular weight is 244 g/mol. The molecule has 0 saturated carbocycles. The summed E-state index contributed by atoms with van der Waals surface area (Å²) >= 11 is 2.07. The summed E-state index contributed by atoms with van der Waals surface area (Å²) in [5.41, 5.74) is -0.438. The van der Waals surface area contributed by atoms with Gasteiger partial charge in [0.1, 0.15) is 0 Å². The van der Waals surface area contributed by atoms with Gasteiger partial charge in [-0.25, -0.2) is 0 Å². The predicted octanol–water partition coefficient (Wildman–Crippen LogP) is 0.927. The Morgan fingerprint density at radius 2 is 1.81 bits per heavy atom. The molecule has 2 atom stereocenters. The molecule has 2 aliphatic heterocycles. The monoisotopic (exact) mass is 244 g/mol. The van der Waals surface area contributed by atoms with E-state index in [0.717, 1.165) is 45.6 Å². The third kappa shape index (κ3) is 3.36. The van der Waals surface area contributed by atoms with Crippen molar-refractivity contribution in [2.24, 2.45) is 0 Å².